The fourth-order valence-corrected chi connectivity index (χ4v) is 5.00. The zero-order chi connectivity index (χ0) is 19.6. The lowest BCUT2D eigenvalue weighted by molar-refractivity contribution is 0.478. The van der Waals surface area contributed by atoms with Crippen LogP contribution >= 0.6 is 11.3 Å². The summed E-state index contributed by atoms with van der Waals surface area (Å²) >= 11 is 1.41. The molecular weight excluding hydrogens is 380 g/mol. The second-order valence-corrected chi connectivity index (χ2v) is 9.02. The summed E-state index contributed by atoms with van der Waals surface area (Å²) in [6.07, 6.45) is 1.68. The highest BCUT2D eigenvalue weighted by molar-refractivity contribution is 7.89. The largest absolute Gasteiger partial charge is 0.431 e. The van der Waals surface area contributed by atoms with Crippen LogP contribution in [0.3, 0.4) is 0 Å². The molecule has 5 nitrogen and oxygen atoms in total. The van der Waals surface area contributed by atoms with E-state index in [4.69, 9.17) is 4.74 Å². The van der Waals surface area contributed by atoms with Crippen molar-refractivity contribution in [3.8, 4) is 10.9 Å². The highest BCUT2D eigenvalue weighted by Gasteiger charge is 2.21. The molecule has 0 bridgehead atoms. The Balaban J connectivity index is 1.74. The van der Waals surface area contributed by atoms with Crippen LogP contribution in [0.1, 0.15) is 27.8 Å². The molecule has 7 heteroatoms. The molecule has 1 N–H and O–H groups in total. The Morgan fingerprint density at radius 3 is 2.22 bits per heavy atom. The summed E-state index contributed by atoms with van der Waals surface area (Å²) in [5.74, 6) is 0.664. The lowest BCUT2D eigenvalue weighted by Gasteiger charge is -2.16. The molecule has 0 aliphatic carbocycles. The first-order valence-corrected chi connectivity index (χ1v) is 10.9. The van der Waals surface area contributed by atoms with E-state index in [1.807, 2.05) is 51.3 Å². The maximum atomic E-state index is 12.9. The monoisotopic (exact) mass is 402 g/mol. The van der Waals surface area contributed by atoms with Crippen LogP contribution in [0.5, 0.6) is 10.9 Å². The first kappa shape index (κ1) is 19.5. The van der Waals surface area contributed by atoms with Crippen molar-refractivity contribution in [2.75, 3.05) is 0 Å². The lowest BCUT2D eigenvalue weighted by atomic mass is 10.0. The number of aromatic nitrogens is 1. The number of thiazole rings is 1. The minimum absolute atomic E-state index is 0.214. The van der Waals surface area contributed by atoms with Gasteiger partial charge in [0.05, 0.1) is 4.90 Å². The second kappa shape index (κ2) is 7.80. The number of hydrogen-bond acceptors (Lipinski definition) is 5. The molecule has 3 aromatic rings. The van der Waals surface area contributed by atoms with Crippen molar-refractivity contribution < 1.29 is 13.2 Å². The standard InChI is InChI=1S/C20H22N2O3S2/c1-13-11-14(2)16(4)19(15(13)3)27(23,24)22-12-17-5-7-18(8-6-17)25-20-21-9-10-26-20/h5-11,22H,12H2,1-4H3. The van der Waals surface area contributed by atoms with E-state index in [9.17, 15) is 8.42 Å². The summed E-state index contributed by atoms with van der Waals surface area (Å²) in [5.41, 5.74) is 4.38. The van der Waals surface area contributed by atoms with Crippen molar-refractivity contribution in [3.63, 3.8) is 0 Å². The van der Waals surface area contributed by atoms with Gasteiger partial charge in [0.1, 0.15) is 5.75 Å². The molecule has 0 aliphatic heterocycles. The average molecular weight is 403 g/mol. The van der Waals surface area contributed by atoms with Gasteiger partial charge in [-0.2, -0.15) is 0 Å². The number of rotatable bonds is 6. The third kappa shape index (κ3) is 4.37. The minimum atomic E-state index is -3.61. The zero-order valence-electron chi connectivity index (χ0n) is 15.7. The quantitative estimate of drug-likeness (QED) is 0.652. The third-order valence-corrected chi connectivity index (χ3v) is 6.89. The highest BCUT2D eigenvalue weighted by Crippen LogP contribution is 2.26. The van der Waals surface area contributed by atoms with E-state index in [1.54, 1.807) is 18.3 Å². The lowest BCUT2D eigenvalue weighted by Crippen LogP contribution is -2.25. The molecule has 0 saturated heterocycles. The van der Waals surface area contributed by atoms with Crippen LogP contribution in [0.25, 0.3) is 0 Å². The van der Waals surface area contributed by atoms with Gasteiger partial charge in [-0.05, 0) is 67.6 Å². The Labute approximate surface area is 164 Å². The fourth-order valence-electron chi connectivity index (χ4n) is 2.87. The molecule has 0 unspecified atom stereocenters. The number of sulfonamides is 1. The van der Waals surface area contributed by atoms with E-state index in [-0.39, 0.29) is 6.54 Å². The summed E-state index contributed by atoms with van der Waals surface area (Å²) in [6, 6.07) is 9.31. The molecule has 27 heavy (non-hydrogen) atoms. The van der Waals surface area contributed by atoms with Gasteiger partial charge in [0.25, 0.3) is 5.19 Å². The summed E-state index contributed by atoms with van der Waals surface area (Å²) in [5, 5.41) is 2.42. The first-order valence-electron chi connectivity index (χ1n) is 8.51. The number of aryl methyl sites for hydroxylation is 2. The molecule has 2 aromatic carbocycles. The highest BCUT2D eigenvalue weighted by atomic mass is 32.2. The van der Waals surface area contributed by atoms with Gasteiger partial charge >= 0.3 is 0 Å². The molecule has 3 rings (SSSR count). The van der Waals surface area contributed by atoms with E-state index >= 15 is 0 Å². The number of benzene rings is 2. The normalized spacial score (nSPS) is 11.6. The molecule has 0 amide bonds. The Hall–Kier alpha value is -2.22. The molecule has 0 saturated carbocycles. The molecule has 1 heterocycles. The Morgan fingerprint density at radius 2 is 1.67 bits per heavy atom. The second-order valence-electron chi connectivity index (χ2n) is 6.46. The maximum Gasteiger partial charge on any atom is 0.278 e. The van der Waals surface area contributed by atoms with Crippen molar-refractivity contribution >= 4 is 21.4 Å². The van der Waals surface area contributed by atoms with E-state index in [0.717, 1.165) is 27.8 Å². The summed E-state index contributed by atoms with van der Waals surface area (Å²) in [4.78, 5) is 4.45. The Kier molecular flexibility index (Phi) is 5.64. The number of hydrogen-bond donors (Lipinski definition) is 1. The summed E-state index contributed by atoms with van der Waals surface area (Å²) in [7, 11) is -3.61. The number of ether oxygens (including phenoxy) is 1. The molecule has 0 aliphatic rings. The van der Waals surface area contributed by atoms with E-state index < -0.39 is 10.0 Å². The SMILES string of the molecule is Cc1cc(C)c(C)c(S(=O)(=O)NCc2ccc(Oc3nccs3)cc2)c1C. The topological polar surface area (TPSA) is 68.3 Å². The van der Waals surface area contributed by atoms with Crippen LogP contribution in [0.15, 0.2) is 46.8 Å². The molecule has 0 radical (unpaired) electrons. The van der Waals surface area contributed by atoms with Gasteiger partial charge in [-0.15, -0.1) is 0 Å². The van der Waals surface area contributed by atoms with Gasteiger partial charge < -0.3 is 4.74 Å². The van der Waals surface area contributed by atoms with Crippen LogP contribution < -0.4 is 9.46 Å². The smallest absolute Gasteiger partial charge is 0.278 e. The van der Waals surface area contributed by atoms with Crippen molar-refractivity contribution in [1.82, 2.24) is 9.71 Å². The maximum absolute atomic E-state index is 12.9. The van der Waals surface area contributed by atoms with E-state index in [2.05, 4.69) is 9.71 Å². The molecule has 0 fully saturated rings. The zero-order valence-corrected chi connectivity index (χ0v) is 17.4. The Bertz CT molecular complexity index is 1020. The van der Waals surface area contributed by atoms with Crippen LogP contribution in [0.4, 0.5) is 0 Å². The number of nitrogens with one attached hydrogen (secondary N) is 1. The van der Waals surface area contributed by atoms with Crippen molar-refractivity contribution in [2.24, 2.45) is 0 Å². The molecule has 0 atom stereocenters. The van der Waals surface area contributed by atoms with Crippen molar-refractivity contribution in [2.45, 2.75) is 39.1 Å². The first-order chi connectivity index (χ1) is 12.8. The number of nitrogens with zero attached hydrogens (tertiary/aromatic N) is 1. The predicted octanol–water partition coefficient (Wildman–Crippen LogP) is 4.65. The van der Waals surface area contributed by atoms with Crippen LogP contribution in [-0.2, 0) is 16.6 Å². The van der Waals surface area contributed by atoms with Gasteiger partial charge in [-0.1, -0.05) is 29.5 Å². The molecule has 1 aromatic heterocycles. The Morgan fingerprint density at radius 1 is 1.04 bits per heavy atom. The molecule has 0 spiro atoms. The van der Waals surface area contributed by atoms with Gasteiger partial charge in [-0.3, -0.25) is 0 Å². The van der Waals surface area contributed by atoms with Crippen LogP contribution in [-0.4, -0.2) is 13.4 Å². The minimum Gasteiger partial charge on any atom is -0.431 e. The van der Waals surface area contributed by atoms with Gasteiger partial charge in [-0.25, -0.2) is 18.1 Å². The van der Waals surface area contributed by atoms with Gasteiger partial charge in [0, 0.05) is 18.1 Å². The fraction of sp³-hybridized carbons (Fsp3) is 0.250. The summed E-state index contributed by atoms with van der Waals surface area (Å²) < 4.78 is 34.1. The third-order valence-electron chi connectivity index (χ3n) is 4.57. The molecule has 142 valence electrons. The van der Waals surface area contributed by atoms with Crippen molar-refractivity contribution in [1.29, 1.82) is 0 Å². The van der Waals surface area contributed by atoms with E-state index in [1.165, 1.54) is 11.3 Å². The predicted molar refractivity (Wildman–Crippen MR) is 108 cm³/mol. The molecular formula is C20H22N2O3S2. The van der Waals surface area contributed by atoms with Crippen LogP contribution in [0.2, 0.25) is 0 Å². The van der Waals surface area contributed by atoms with Gasteiger partial charge in [0.2, 0.25) is 10.0 Å². The average Bonchev–Trinajstić information content (AvgIpc) is 3.12. The van der Waals surface area contributed by atoms with Crippen molar-refractivity contribution in [3.05, 3.63) is 69.7 Å². The van der Waals surface area contributed by atoms with E-state index in [0.29, 0.717) is 15.8 Å². The van der Waals surface area contributed by atoms with Gasteiger partial charge in [0.15, 0.2) is 0 Å². The van der Waals surface area contributed by atoms with Crippen LogP contribution in [0, 0.1) is 27.7 Å². The summed E-state index contributed by atoms with van der Waals surface area (Å²) in [6.45, 7) is 7.78.